The fraction of sp³-hybridized carbons (Fsp3) is 0.182. The monoisotopic (exact) mass is 497 g/mol. The average molecular weight is 498 g/mol. The summed E-state index contributed by atoms with van der Waals surface area (Å²) in [4.78, 5) is 18.0. The number of nitrogens with one attached hydrogen (secondary N) is 1. The lowest BCUT2D eigenvalue weighted by Crippen LogP contribution is -2.44. The van der Waals surface area contributed by atoms with Crippen LogP contribution in [0.25, 0.3) is 17.5 Å². The van der Waals surface area contributed by atoms with E-state index in [0.29, 0.717) is 28.6 Å². The molecule has 0 bridgehead atoms. The molecule has 1 aliphatic heterocycles. The largest absolute Gasteiger partial charge is 0.391 e. The summed E-state index contributed by atoms with van der Waals surface area (Å²) >= 11 is 5.75. The van der Waals surface area contributed by atoms with Gasteiger partial charge in [-0.1, -0.05) is 11.6 Å². The highest BCUT2D eigenvalue weighted by Gasteiger charge is 2.36. The van der Waals surface area contributed by atoms with Gasteiger partial charge in [0.15, 0.2) is 0 Å². The molecular weight excluding hydrogens is 481 g/mol. The minimum atomic E-state index is -4.59. The number of aromatic nitrogens is 2. The van der Waals surface area contributed by atoms with E-state index in [-0.39, 0.29) is 11.6 Å². The molecule has 34 heavy (non-hydrogen) atoms. The molecule has 178 valence electrons. The third-order valence-corrected chi connectivity index (χ3v) is 5.35. The minimum Gasteiger partial charge on any atom is -0.339 e. The number of imidazole rings is 1. The van der Waals surface area contributed by atoms with Gasteiger partial charge in [0, 0.05) is 23.7 Å². The van der Waals surface area contributed by atoms with E-state index in [0.717, 1.165) is 4.90 Å². The number of hydrogen-bond acceptors (Lipinski definition) is 4. The molecule has 0 radical (unpaired) electrons. The van der Waals surface area contributed by atoms with Crippen molar-refractivity contribution in [2.24, 2.45) is 5.73 Å². The molecule has 1 atom stereocenters. The molecule has 0 saturated heterocycles. The smallest absolute Gasteiger partial charge is 0.339 e. The lowest BCUT2D eigenvalue weighted by atomic mass is 10.1. The van der Waals surface area contributed by atoms with Gasteiger partial charge < -0.3 is 16.0 Å². The van der Waals surface area contributed by atoms with E-state index >= 15 is 0 Å². The average Bonchev–Trinajstić information content (AvgIpc) is 3.12. The van der Waals surface area contributed by atoms with Gasteiger partial charge in [0.1, 0.15) is 29.0 Å². The zero-order chi connectivity index (χ0) is 24.6. The Balaban J connectivity index is 1.70. The lowest BCUT2D eigenvalue weighted by molar-refractivity contribution is -0.151. The zero-order valence-electron chi connectivity index (χ0n) is 17.3. The summed E-state index contributed by atoms with van der Waals surface area (Å²) in [5.41, 5.74) is 6.66. The summed E-state index contributed by atoms with van der Waals surface area (Å²) in [5.74, 6) is -1.37. The quantitative estimate of drug-likeness (QED) is 0.471. The van der Waals surface area contributed by atoms with E-state index in [4.69, 9.17) is 17.3 Å². The van der Waals surface area contributed by atoms with E-state index in [2.05, 4.69) is 10.3 Å². The first kappa shape index (κ1) is 23.7. The van der Waals surface area contributed by atoms with Crippen LogP contribution in [-0.4, -0.2) is 32.6 Å². The minimum absolute atomic E-state index is 0.0659. The molecule has 1 aromatic heterocycles. The maximum Gasteiger partial charge on any atom is 0.391 e. The van der Waals surface area contributed by atoms with Crippen molar-refractivity contribution in [3.8, 4) is 11.3 Å². The Morgan fingerprint density at radius 1 is 1.15 bits per heavy atom. The molecule has 12 heteroatoms. The number of amides is 1. The molecule has 1 amide bonds. The predicted molar refractivity (Wildman–Crippen MR) is 117 cm³/mol. The van der Waals surface area contributed by atoms with Crippen LogP contribution in [0, 0.1) is 11.6 Å². The molecule has 0 aliphatic carbocycles. The van der Waals surface area contributed by atoms with Crippen LogP contribution < -0.4 is 11.1 Å². The van der Waals surface area contributed by atoms with Crippen molar-refractivity contribution in [3.63, 3.8) is 0 Å². The number of rotatable bonds is 5. The Hall–Kier alpha value is -3.44. The van der Waals surface area contributed by atoms with Gasteiger partial charge in [-0.2, -0.15) is 13.2 Å². The summed E-state index contributed by atoms with van der Waals surface area (Å²) in [6, 6.07) is 7.77. The number of carbonyl (C=O) groups excluding carboxylic acids is 1. The highest BCUT2D eigenvalue weighted by Crippen LogP contribution is 2.34. The van der Waals surface area contributed by atoms with Gasteiger partial charge in [-0.25, -0.2) is 13.8 Å². The number of hydrogen-bond donors (Lipinski definition) is 2. The molecule has 3 aromatic rings. The van der Waals surface area contributed by atoms with E-state index in [1.807, 2.05) is 0 Å². The molecule has 6 nitrogen and oxygen atoms in total. The SMILES string of the molecule is NC(CC(F)(F)F)C(=O)N1C=Cn2c(nc(-c3ccc(F)cc3)c2Nc2ccc(Cl)c(F)c2)C1. The van der Waals surface area contributed by atoms with Crippen LogP contribution in [0.4, 0.5) is 33.5 Å². The number of anilines is 2. The van der Waals surface area contributed by atoms with Crippen LogP contribution in [0.1, 0.15) is 12.2 Å². The van der Waals surface area contributed by atoms with Crippen molar-refractivity contribution in [1.29, 1.82) is 0 Å². The Kier molecular flexibility index (Phi) is 6.32. The van der Waals surface area contributed by atoms with Crippen LogP contribution in [0.3, 0.4) is 0 Å². The van der Waals surface area contributed by atoms with Gasteiger partial charge in [0.05, 0.1) is 24.0 Å². The fourth-order valence-corrected chi connectivity index (χ4v) is 3.56. The molecular formula is C22H17ClF5N5O. The summed E-state index contributed by atoms with van der Waals surface area (Å²) in [6.07, 6.45) is -3.34. The Morgan fingerprint density at radius 3 is 2.50 bits per heavy atom. The first-order chi connectivity index (χ1) is 16.0. The fourth-order valence-electron chi connectivity index (χ4n) is 3.44. The zero-order valence-corrected chi connectivity index (χ0v) is 18.0. The van der Waals surface area contributed by atoms with Gasteiger partial charge >= 0.3 is 6.18 Å². The summed E-state index contributed by atoms with van der Waals surface area (Å²) in [5, 5.41) is 2.97. The molecule has 0 saturated carbocycles. The molecule has 3 N–H and O–H groups in total. The van der Waals surface area contributed by atoms with Crippen molar-refractivity contribution in [2.45, 2.75) is 25.2 Å². The molecule has 4 rings (SSSR count). The number of benzene rings is 2. The second kappa shape index (κ2) is 9.07. The van der Waals surface area contributed by atoms with E-state index in [1.54, 1.807) is 10.6 Å². The van der Waals surface area contributed by atoms with Gasteiger partial charge in [-0.15, -0.1) is 0 Å². The Bertz CT molecular complexity index is 1260. The topological polar surface area (TPSA) is 76.2 Å². The van der Waals surface area contributed by atoms with Gasteiger partial charge in [-0.3, -0.25) is 9.36 Å². The second-order valence-electron chi connectivity index (χ2n) is 7.55. The third-order valence-electron chi connectivity index (χ3n) is 5.04. The summed E-state index contributed by atoms with van der Waals surface area (Å²) < 4.78 is 66.9. The lowest BCUT2D eigenvalue weighted by Gasteiger charge is -2.25. The molecule has 0 fully saturated rings. The first-order valence-corrected chi connectivity index (χ1v) is 10.3. The number of nitrogens with two attached hydrogens (primary N) is 1. The standard InChI is InChI=1S/C22H17ClF5N5O/c23-15-6-5-14(9-16(15)25)30-20-19(12-1-3-13(24)4-2-12)31-18-11-32(7-8-33(18)20)21(34)17(29)10-22(26,27)28/h1-9,17,30H,10-11,29H2. The van der Waals surface area contributed by atoms with Gasteiger partial charge in [0.2, 0.25) is 5.91 Å². The maximum absolute atomic E-state index is 14.0. The van der Waals surface area contributed by atoms with Crippen molar-refractivity contribution in [2.75, 3.05) is 5.32 Å². The summed E-state index contributed by atoms with van der Waals surface area (Å²) in [7, 11) is 0. The number of halogens is 6. The van der Waals surface area contributed by atoms with Crippen molar-refractivity contribution < 1.29 is 26.7 Å². The van der Waals surface area contributed by atoms with Crippen LogP contribution in [0.2, 0.25) is 5.02 Å². The van der Waals surface area contributed by atoms with Crippen molar-refractivity contribution in [1.82, 2.24) is 14.5 Å². The molecule has 0 spiro atoms. The van der Waals surface area contributed by atoms with E-state index < -0.39 is 36.2 Å². The highest BCUT2D eigenvalue weighted by atomic mass is 35.5. The normalized spacial score (nSPS) is 14.1. The third kappa shape index (κ3) is 5.05. The number of nitrogens with zero attached hydrogens (tertiary/aromatic N) is 3. The number of fused-ring (bicyclic) bond motifs is 1. The summed E-state index contributed by atoms with van der Waals surface area (Å²) in [6.45, 7) is -0.161. The van der Waals surface area contributed by atoms with Gasteiger partial charge in [0.25, 0.3) is 0 Å². The first-order valence-electron chi connectivity index (χ1n) is 9.92. The molecule has 1 aliphatic rings. The predicted octanol–water partition coefficient (Wildman–Crippen LogP) is 5.28. The Labute approximate surface area is 195 Å². The maximum atomic E-state index is 14.0. The second-order valence-corrected chi connectivity index (χ2v) is 7.95. The van der Waals surface area contributed by atoms with Crippen LogP contribution >= 0.6 is 11.6 Å². The van der Waals surface area contributed by atoms with Crippen molar-refractivity contribution >= 4 is 35.2 Å². The Morgan fingerprint density at radius 2 is 1.85 bits per heavy atom. The molecule has 1 unspecified atom stereocenters. The van der Waals surface area contributed by atoms with E-state index in [1.165, 1.54) is 48.8 Å². The highest BCUT2D eigenvalue weighted by molar-refractivity contribution is 6.30. The molecule has 2 aromatic carbocycles. The van der Waals surface area contributed by atoms with Gasteiger partial charge in [-0.05, 0) is 42.5 Å². The van der Waals surface area contributed by atoms with Crippen LogP contribution in [-0.2, 0) is 11.3 Å². The van der Waals surface area contributed by atoms with Crippen LogP contribution in [0.15, 0.2) is 48.7 Å². The number of carbonyl (C=O) groups is 1. The number of alkyl halides is 3. The van der Waals surface area contributed by atoms with E-state index in [9.17, 15) is 26.7 Å². The molecule has 2 heterocycles. The van der Waals surface area contributed by atoms with Crippen molar-refractivity contribution in [3.05, 3.63) is 71.1 Å². The van der Waals surface area contributed by atoms with Crippen LogP contribution in [0.5, 0.6) is 0 Å².